The summed E-state index contributed by atoms with van der Waals surface area (Å²) in [6, 6.07) is 16.1. The number of aromatic carboxylic acids is 1. The zero-order chi connectivity index (χ0) is 22.8. The molecule has 0 bridgehead atoms. The molecule has 0 unspecified atom stereocenters. The molecular formula is C26H30Cl2N4O2S. The highest BCUT2D eigenvalue weighted by Gasteiger charge is 2.26. The van der Waals surface area contributed by atoms with E-state index in [2.05, 4.69) is 50.8 Å². The Kier molecular flexibility index (Phi) is 9.30. The van der Waals surface area contributed by atoms with E-state index < -0.39 is 5.97 Å². The fourth-order valence-corrected chi connectivity index (χ4v) is 5.60. The Morgan fingerprint density at radius 1 is 0.857 bits per heavy atom. The van der Waals surface area contributed by atoms with E-state index in [1.54, 1.807) is 24.3 Å². The number of benzene rings is 2. The molecule has 1 aromatic heterocycles. The number of aromatic nitrogens is 2. The summed E-state index contributed by atoms with van der Waals surface area (Å²) < 4.78 is 0. The summed E-state index contributed by atoms with van der Waals surface area (Å²) >= 11 is 1.51. The van der Waals surface area contributed by atoms with Crippen molar-refractivity contribution in [2.24, 2.45) is 0 Å². The second kappa shape index (κ2) is 12.0. The van der Waals surface area contributed by atoms with E-state index in [0.717, 1.165) is 53.4 Å². The van der Waals surface area contributed by atoms with Crippen molar-refractivity contribution < 1.29 is 9.90 Å². The van der Waals surface area contributed by atoms with E-state index in [1.807, 2.05) is 0 Å². The Balaban J connectivity index is 0.00000171. The highest BCUT2D eigenvalue weighted by Crippen LogP contribution is 2.32. The van der Waals surface area contributed by atoms with Crippen molar-refractivity contribution in [3.63, 3.8) is 0 Å². The van der Waals surface area contributed by atoms with Gasteiger partial charge in [-0.05, 0) is 62.1 Å². The van der Waals surface area contributed by atoms with E-state index in [4.69, 9.17) is 5.11 Å². The van der Waals surface area contributed by atoms with Crippen LogP contribution < -0.4 is 4.90 Å². The highest BCUT2D eigenvalue weighted by molar-refractivity contribution is 7.17. The molecule has 1 aliphatic carbocycles. The molecule has 0 radical (unpaired) electrons. The van der Waals surface area contributed by atoms with Crippen LogP contribution in [0.3, 0.4) is 0 Å². The van der Waals surface area contributed by atoms with Gasteiger partial charge in [-0.15, -0.1) is 35.0 Å². The number of nitrogens with zero attached hydrogens (tertiary/aromatic N) is 4. The number of piperazine rings is 1. The Bertz CT molecular complexity index is 1130. The van der Waals surface area contributed by atoms with Gasteiger partial charge in [0.15, 0.2) is 0 Å². The molecule has 9 heteroatoms. The van der Waals surface area contributed by atoms with Gasteiger partial charge in [-0.2, -0.15) is 0 Å². The van der Waals surface area contributed by atoms with Crippen LogP contribution in [0.4, 0.5) is 5.69 Å². The summed E-state index contributed by atoms with van der Waals surface area (Å²) in [4.78, 5) is 16.2. The monoisotopic (exact) mass is 532 g/mol. The number of halogens is 2. The second-order valence-electron chi connectivity index (χ2n) is 8.85. The fourth-order valence-electron chi connectivity index (χ4n) is 4.75. The number of allylic oxidation sites excluding steroid dienone is 1. The third kappa shape index (κ3) is 6.22. The number of carboxylic acid groups (broad SMARTS) is 1. The first kappa shape index (κ1) is 27.1. The Morgan fingerprint density at radius 2 is 1.37 bits per heavy atom. The van der Waals surface area contributed by atoms with E-state index in [9.17, 15) is 4.79 Å². The smallest absolute Gasteiger partial charge is 0.335 e. The van der Waals surface area contributed by atoms with Gasteiger partial charge in [-0.1, -0.05) is 35.6 Å². The van der Waals surface area contributed by atoms with Gasteiger partial charge in [0.1, 0.15) is 10.0 Å². The molecule has 3 aromatic rings. The Hall–Kier alpha value is -2.45. The quantitative estimate of drug-likeness (QED) is 0.404. The molecule has 1 saturated carbocycles. The predicted octanol–water partition coefficient (Wildman–Crippen LogP) is 6.03. The lowest BCUT2D eigenvalue weighted by atomic mass is 9.90. The van der Waals surface area contributed by atoms with E-state index in [0.29, 0.717) is 0 Å². The maximum Gasteiger partial charge on any atom is 0.335 e. The number of rotatable bonds is 5. The molecule has 1 aliphatic heterocycles. The lowest BCUT2D eigenvalue weighted by molar-refractivity contribution is 0.0697. The lowest BCUT2D eigenvalue weighted by Crippen LogP contribution is -2.50. The van der Waals surface area contributed by atoms with E-state index in [1.165, 1.54) is 48.3 Å². The molecule has 2 fully saturated rings. The summed E-state index contributed by atoms with van der Waals surface area (Å²) in [6.45, 7) is 8.52. The number of carboxylic acids is 1. The van der Waals surface area contributed by atoms with Crippen molar-refractivity contribution in [3.05, 3.63) is 66.2 Å². The first-order chi connectivity index (χ1) is 16.1. The number of anilines is 1. The zero-order valence-electron chi connectivity index (χ0n) is 19.4. The van der Waals surface area contributed by atoms with Gasteiger partial charge in [0, 0.05) is 49.0 Å². The number of hydrogen-bond acceptors (Lipinski definition) is 6. The summed E-state index contributed by atoms with van der Waals surface area (Å²) in [5.41, 5.74) is 4.86. The minimum absolute atomic E-state index is 0. The third-order valence-electron chi connectivity index (χ3n) is 6.78. The first-order valence-corrected chi connectivity index (χ1v) is 12.3. The van der Waals surface area contributed by atoms with Crippen molar-refractivity contribution in [2.75, 3.05) is 31.1 Å². The van der Waals surface area contributed by atoms with Gasteiger partial charge in [0.2, 0.25) is 0 Å². The zero-order valence-corrected chi connectivity index (χ0v) is 21.9. The fraction of sp³-hybridized carbons (Fsp3) is 0.346. The molecule has 0 atom stereocenters. The predicted molar refractivity (Wildman–Crippen MR) is 147 cm³/mol. The molecule has 1 saturated heterocycles. The Morgan fingerprint density at radius 3 is 1.89 bits per heavy atom. The average molecular weight is 534 g/mol. The van der Waals surface area contributed by atoms with Crippen molar-refractivity contribution >= 4 is 47.8 Å². The van der Waals surface area contributed by atoms with Crippen molar-refractivity contribution in [1.82, 2.24) is 15.1 Å². The van der Waals surface area contributed by atoms with Crippen LogP contribution in [0.1, 0.15) is 36.0 Å². The molecule has 0 spiro atoms. The molecule has 2 aromatic carbocycles. The molecule has 2 aliphatic rings. The first-order valence-electron chi connectivity index (χ1n) is 11.5. The largest absolute Gasteiger partial charge is 0.478 e. The maximum atomic E-state index is 11.0. The van der Waals surface area contributed by atoms with Crippen LogP contribution in [0.5, 0.6) is 0 Å². The van der Waals surface area contributed by atoms with Crippen LogP contribution in [0.15, 0.2) is 60.7 Å². The average Bonchev–Trinajstić information content (AvgIpc) is 3.35. The molecule has 186 valence electrons. The SMILES string of the molecule is C=C1CCC(N2CCN(c3ccc(-c4nnc(-c5ccc(C(=O)O)cc5)s4)cc3)CC2)CC1.Cl.Cl. The summed E-state index contributed by atoms with van der Waals surface area (Å²) in [6.07, 6.45) is 4.91. The Labute approximate surface area is 222 Å². The van der Waals surface area contributed by atoms with Crippen molar-refractivity contribution in [3.8, 4) is 21.1 Å². The standard InChI is InChI=1S/C26H28N4O2S.2ClH/c1-18-2-10-22(11-3-18)29-14-16-30(17-15-29)23-12-8-20(9-13-23)25-28-27-24(33-25)19-4-6-21(7-5-19)26(31)32;;/h4-9,12-13,22H,1-3,10-11,14-17H2,(H,31,32);2*1H. The van der Waals surface area contributed by atoms with Gasteiger partial charge < -0.3 is 10.0 Å². The summed E-state index contributed by atoms with van der Waals surface area (Å²) in [5, 5.41) is 19.4. The van der Waals surface area contributed by atoms with Crippen molar-refractivity contribution in [1.29, 1.82) is 0 Å². The third-order valence-corrected chi connectivity index (χ3v) is 7.80. The minimum Gasteiger partial charge on any atom is -0.478 e. The van der Waals surface area contributed by atoms with Crippen LogP contribution in [0.2, 0.25) is 0 Å². The van der Waals surface area contributed by atoms with Crippen LogP contribution in [-0.2, 0) is 0 Å². The molecule has 0 amide bonds. The van der Waals surface area contributed by atoms with Gasteiger partial charge in [0.05, 0.1) is 5.56 Å². The molecule has 1 N–H and O–H groups in total. The second-order valence-corrected chi connectivity index (χ2v) is 9.82. The number of hydrogen-bond donors (Lipinski definition) is 1. The van der Waals surface area contributed by atoms with Gasteiger partial charge >= 0.3 is 5.97 Å². The minimum atomic E-state index is -0.929. The lowest BCUT2D eigenvalue weighted by Gasteiger charge is -2.41. The van der Waals surface area contributed by atoms with Crippen LogP contribution in [0, 0.1) is 0 Å². The van der Waals surface area contributed by atoms with E-state index in [-0.39, 0.29) is 30.4 Å². The highest BCUT2D eigenvalue weighted by atomic mass is 35.5. The van der Waals surface area contributed by atoms with Crippen LogP contribution in [0.25, 0.3) is 21.1 Å². The molecular weight excluding hydrogens is 503 g/mol. The molecule has 35 heavy (non-hydrogen) atoms. The molecule has 6 nitrogen and oxygen atoms in total. The summed E-state index contributed by atoms with van der Waals surface area (Å²) in [5.74, 6) is -0.929. The van der Waals surface area contributed by atoms with E-state index >= 15 is 0 Å². The molecule has 2 heterocycles. The van der Waals surface area contributed by atoms with Gasteiger partial charge in [-0.3, -0.25) is 4.90 Å². The molecule has 5 rings (SSSR count). The topological polar surface area (TPSA) is 69.6 Å². The van der Waals surface area contributed by atoms with Gasteiger partial charge in [0.25, 0.3) is 0 Å². The number of carbonyl (C=O) groups is 1. The van der Waals surface area contributed by atoms with Crippen LogP contribution in [-0.4, -0.2) is 58.4 Å². The maximum absolute atomic E-state index is 11.0. The summed E-state index contributed by atoms with van der Waals surface area (Å²) in [7, 11) is 0. The van der Waals surface area contributed by atoms with Gasteiger partial charge in [-0.25, -0.2) is 4.79 Å². The van der Waals surface area contributed by atoms with Crippen molar-refractivity contribution in [2.45, 2.75) is 31.7 Å². The normalized spacial score (nSPS) is 16.9. The van der Waals surface area contributed by atoms with Crippen LogP contribution >= 0.6 is 36.2 Å².